The molecule has 0 aliphatic heterocycles. The van der Waals surface area contributed by atoms with Gasteiger partial charge in [-0.05, 0) is 76.6 Å². The van der Waals surface area contributed by atoms with E-state index in [1.54, 1.807) is 6.07 Å². The molecule has 0 amide bonds. The zero-order valence-electron chi connectivity index (χ0n) is 27.4. The summed E-state index contributed by atoms with van der Waals surface area (Å²) in [6.45, 7) is 13.5. The van der Waals surface area contributed by atoms with Gasteiger partial charge in [-0.3, -0.25) is 4.57 Å². The smallest absolute Gasteiger partial charge is 0.356 e. The second-order valence-electron chi connectivity index (χ2n) is 14.0. The van der Waals surface area contributed by atoms with Crippen molar-refractivity contribution in [2.24, 2.45) is 0 Å². The van der Waals surface area contributed by atoms with Crippen LogP contribution >= 0.6 is 0 Å². The van der Waals surface area contributed by atoms with E-state index in [2.05, 4.69) is 105 Å². The molecule has 7 aromatic rings. The number of nitrogens with zero attached hydrogens (tertiary/aromatic N) is 3. The minimum atomic E-state index is -0.473. The lowest BCUT2D eigenvalue weighted by molar-refractivity contribution is 0.0594. The van der Waals surface area contributed by atoms with Crippen molar-refractivity contribution in [1.29, 1.82) is 0 Å². The molecular formula is C40H38N4O2. The fraction of sp³-hybridized carbons (Fsp3) is 0.225. The fourth-order valence-corrected chi connectivity index (χ4v) is 6.20. The third-order valence-electron chi connectivity index (χ3n) is 8.80. The highest BCUT2D eigenvalue weighted by atomic mass is 16.5. The van der Waals surface area contributed by atoms with Crippen LogP contribution in [-0.4, -0.2) is 32.6 Å². The number of aromatic nitrogens is 4. The van der Waals surface area contributed by atoms with E-state index in [1.165, 1.54) is 29.0 Å². The first kappa shape index (κ1) is 29.5. The molecule has 0 unspecified atom stereocenters. The fourth-order valence-electron chi connectivity index (χ4n) is 6.20. The molecular weight excluding hydrogens is 568 g/mol. The van der Waals surface area contributed by atoms with Crippen LogP contribution in [0.1, 0.15) is 63.2 Å². The number of ether oxygens (including phenoxy) is 1. The lowest BCUT2D eigenvalue weighted by Gasteiger charge is -2.21. The normalized spacial score (nSPS) is 12.3. The maximum Gasteiger partial charge on any atom is 0.356 e. The average Bonchev–Trinajstić information content (AvgIpc) is 3.62. The number of methoxy groups -OCH3 is 1. The Morgan fingerprint density at radius 2 is 1.43 bits per heavy atom. The van der Waals surface area contributed by atoms with E-state index in [1.807, 2.05) is 42.5 Å². The van der Waals surface area contributed by atoms with Gasteiger partial charge >= 0.3 is 5.97 Å². The summed E-state index contributed by atoms with van der Waals surface area (Å²) in [4.78, 5) is 26.2. The number of rotatable bonds is 4. The van der Waals surface area contributed by atoms with E-state index in [-0.39, 0.29) is 16.5 Å². The van der Waals surface area contributed by atoms with Crippen LogP contribution in [0.25, 0.3) is 61.2 Å². The molecule has 0 radical (unpaired) electrons. The number of fused-ring (bicyclic) bond motifs is 4. The van der Waals surface area contributed by atoms with Crippen molar-refractivity contribution in [3.63, 3.8) is 0 Å². The highest BCUT2D eigenvalue weighted by Crippen LogP contribution is 2.41. The largest absolute Gasteiger partial charge is 0.464 e. The molecule has 6 nitrogen and oxygen atoms in total. The van der Waals surface area contributed by atoms with Crippen molar-refractivity contribution in [2.75, 3.05) is 7.11 Å². The van der Waals surface area contributed by atoms with Gasteiger partial charge in [-0.1, -0.05) is 84.0 Å². The molecule has 4 aromatic carbocycles. The molecule has 3 heterocycles. The van der Waals surface area contributed by atoms with Crippen molar-refractivity contribution < 1.29 is 9.53 Å². The molecule has 3 aromatic heterocycles. The highest BCUT2D eigenvalue weighted by molar-refractivity contribution is 6.12. The number of carbonyl (C=O) groups is 1. The van der Waals surface area contributed by atoms with Crippen molar-refractivity contribution in [3.05, 3.63) is 114 Å². The van der Waals surface area contributed by atoms with Gasteiger partial charge in [-0.15, -0.1) is 0 Å². The second-order valence-corrected chi connectivity index (χ2v) is 14.0. The van der Waals surface area contributed by atoms with Gasteiger partial charge in [-0.25, -0.2) is 14.8 Å². The molecule has 7 rings (SSSR count). The quantitative estimate of drug-likeness (QED) is 0.202. The summed E-state index contributed by atoms with van der Waals surface area (Å²) in [6.07, 6.45) is 0. The van der Waals surface area contributed by atoms with Crippen LogP contribution in [-0.2, 0) is 15.6 Å². The molecule has 46 heavy (non-hydrogen) atoms. The number of imidazole rings is 1. The molecule has 0 aliphatic carbocycles. The van der Waals surface area contributed by atoms with Crippen molar-refractivity contribution in [2.45, 2.75) is 52.4 Å². The number of nitrogens with one attached hydrogen (secondary N) is 1. The minimum Gasteiger partial charge on any atom is -0.464 e. The second kappa shape index (κ2) is 10.7. The third kappa shape index (κ3) is 4.94. The molecule has 0 saturated carbocycles. The number of pyridine rings is 1. The van der Waals surface area contributed by atoms with E-state index < -0.39 is 5.97 Å². The Morgan fingerprint density at radius 3 is 2.15 bits per heavy atom. The average molecular weight is 607 g/mol. The number of aromatic amines is 1. The van der Waals surface area contributed by atoms with Crippen LogP contribution in [0.15, 0.2) is 97.1 Å². The van der Waals surface area contributed by atoms with Crippen LogP contribution in [0.3, 0.4) is 0 Å². The number of carbonyl (C=O) groups excluding carboxylic acids is 1. The topological polar surface area (TPSA) is 72.8 Å². The Morgan fingerprint density at radius 1 is 0.717 bits per heavy atom. The van der Waals surface area contributed by atoms with Gasteiger partial charge in [0.2, 0.25) is 0 Å². The van der Waals surface area contributed by atoms with Crippen molar-refractivity contribution >= 4 is 38.8 Å². The van der Waals surface area contributed by atoms with Crippen LogP contribution in [0.5, 0.6) is 0 Å². The summed E-state index contributed by atoms with van der Waals surface area (Å²) in [6, 6.07) is 33.3. The third-order valence-corrected chi connectivity index (χ3v) is 8.80. The lowest BCUT2D eigenvalue weighted by Crippen LogP contribution is -2.11. The summed E-state index contributed by atoms with van der Waals surface area (Å²) in [5.41, 5.74) is 10.2. The van der Waals surface area contributed by atoms with Crippen molar-refractivity contribution in [3.8, 4) is 28.3 Å². The first-order valence-corrected chi connectivity index (χ1v) is 15.7. The van der Waals surface area contributed by atoms with E-state index in [9.17, 15) is 4.79 Å². The SMILES string of the molecule is COC(=O)c1cccc(-c2cccc3c2nc(-c2cc(C(C)(C)C)cc4c2[nH]c2ccc(C(C)(C)C)cc24)n3-c2ccccc2)n1. The molecule has 230 valence electrons. The molecule has 0 bridgehead atoms. The minimum absolute atomic E-state index is 0.0269. The molecule has 0 spiro atoms. The van der Waals surface area contributed by atoms with Crippen LogP contribution in [0, 0.1) is 0 Å². The van der Waals surface area contributed by atoms with Crippen molar-refractivity contribution in [1.82, 2.24) is 19.5 Å². The van der Waals surface area contributed by atoms with Gasteiger partial charge in [0, 0.05) is 33.1 Å². The predicted octanol–water partition coefficient (Wildman–Crippen LogP) is 9.77. The van der Waals surface area contributed by atoms with Gasteiger partial charge in [-0.2, -0.15) is 0 Å². The zero-order chi connectivity index (χ0) is 32.4. The maximum absolute atomic E-state index is 12.4. The Labute approximate surface area is 269 Å². The number of benzene rings is 4. The molecule has 0 aliphatic rings. The Balaban J connectivity index is 1.58. The molecule has 0 saturated heterocycles. The Bertz CT molecular complexity index is 2280. The van der Waals surface area contributed by atoms with Gasteiger partial charge in [0.1, 0.15) is 11.5 Å². The summed E-state index contributed by atoms with van der Waals surface area (Å²) >= 11 is 0. The number of para-hydroxylation sites is 2. The first-order chi connectivity index (χ1) is 21.9. The number of hydrogen-bond donors (Lipinski definition) is 1. The summed E-state index contributed by atoms with van der Waals surface area (Å²) < 4.78 is 7.19. The Kier molecular flexibility index (Phi) is 6.85. The first-order valence-electron chi connectivity index (χ1n) is 15.7. The predicted molar refractivity (Wildman–Crippen MR) is 188 cm³/mol. The van der Waals surface area contributed by atoms with Gasteiger partial charge < -0.3 is 9.72 Å². The van der Waals surface area contributed by atoms with E-state index in [4.69, 9.17) is 9.72 Å². The van der Waals surface area contributed by atoms with Gasteiger partial charge in [0.05, 0.1) is 29.4 Å². The van der Waals surface area contributed by atoms with E-state index >= 15 is 0 Å². The molecule has 0 atom stereocenters. The lowest BCUT2D eigenvalue weighted by atomic mass is 9.84. The summed E-state index contributed by atoms with van der Waals surface area (Å²) in [5, 5.41) is 2.39. The van der Waals surface area contributed by atoms with Crippen LogP contribution in [0.4, 0.5) is 0 Å². The zero-order valence-corrected chi connectivity index (χ0v) is 27.4. The molecule has 0 fully saturated rings. The van der Waals surface area contributed by atoms with E-state index in [0.717, 1.165) is 44.7 Å². The van der Waals surface area contributed by atoms with Crippen LogP contribution in [0.2, 0.25) is 0 Å². The molecule has 6 heteroatoms. The van der Waals surface area contributed by atoms with E-state index in [0.29, 0.717) is 5.69 Å². The summed E-state index contributed by atoms with van der Waals surface area (Å²) in [7, 11) is 1.37. The summed E-state index contributed by atoms with van der Waals surface area (Å²) in [5.74, 6) is 0.357. The maximum atomic E-state index is 12.4. The number of H-pyrrole nitrogens is 1. The van der Waals surface area contributed by atoms with Gasteiger partial charge in [0.25, 0.3) is 0 Å². The van der Waals surface area contributed by atoms with Crippen LogP contribution < -0.4 is 0 Å². The molecule has 1 N–H and O–H groups in total. The highest BCUT2D eigenvalue weighted by Gasteiger charge is 2.25. The monoisotopic (exact) mass is 606 g/mol. The number of hydrogen-bond acceptors (Lipinski definition) is 4. The Hall–Kier alpha value is -5.23. The van der Waals surface area contributed by atoms with Gasteiger partial charge in [0.15, 0.2) is 0 Å². The number of esters is 1. The standard InChI is InChI=1S/C40H38N4O2/c1-39(2,3)24-19-20-32-28(21-24)29-22-25(40(4,5)6)23-30(35(29)42-32)37-43-36-27(31-16-12-17-33(41-31)38(45)46-7)15-11-18-34(36)44(37)26-13-9-8-10-14-26/h8-23,42H,1-7H3.